The smallest absolute Gasteiger partial charge is 0.338 e. The molecule has 2 aromatic carbocycles. The molecule has 0 N–H and O–H groups in total. The fraction of sp³-hybridized carbons (Fsp3) is 0.148. The standard InChI is InChI=1S/C27H21N3O5S/c1-4-14-35-26(34)20-15(2)28-27-30(22(20)17-10-6-5-7-11-17)25(33)23(36-27)21-18-12-8-9-13-19(18)29(16(3)31)24(21)32/h4-13,22H,1,14H2,2-3H3/b23-21-/t22-/m1/s1. The molecule has 9 heteroatoms. The molecule has 0 saturated heterocycles. The lowest BCUT2D eigenvalue weighted by Gasteiger charge is -2.24. The largest absolute Gasteiger partial charge is 0.458 e. The minimum absolute atomic E-state index is 0.0118. The summed E-state index contributed by atoms with van der Waals surface area (Å²) >= 11 is 1.06. The number of esters is 1. The topological polar surface area (TPSA) is 98.0 Å². The second-order valence-electron chi connectivity index (χ2n) is 8.25. The zero-order chi connectivity index (χ0) is 25.6. The van der Waals surface area contributed by atoms with Gasteiger partial charge in [-0.2, -0.15) is 0 Å². The van der Waals surface area contributed by atoms with Gasteiger partial charge in [0.1, 0.15) is 11.1 Å². The molecular weight excluding hydrogens is 478 g/mol. The van der Waals surface area contributed by atoms with E-state index in [-0.39, 0.29) is 22.3 Å². The average Bonchev–Trinajstić information content (AvgIpc) is 3.34. The number of thiazole rings is 1. The van der Waals surface area contributed by atoms with Gasteiger partial charge in [-0.1, -0.05) is 72.5 Å². The Morgan fingerprint density at radius 3 is 2.50 bits per heavy atom. The molecule has 36 heavy (non-hydrogen) atoms. The predicted molar refractivity (Wildman–Crippen MR) is 135 cm³/mol. The van der Waals surface area contributed by atoms with E-state index in [0.29, 0.717) is 27.3 Å². The van der Waals surface area contributed by atoms with Gasteiger partial charge in [0.25, 0.3) is 11.5 Å². The Kier molecular flexibility index (Phi) is 5.85. The summed E-state index contributed by atoms with van der Waals surface area (Å²) in [5.74, 6) is -1.61. The minimum atomic E-state index is -0.801. The SMILES string of the molecule is C=CCOC(=O)C1=C(C)N=c2s/c(=C3\C(=O)N(C(C)=O)c4ccccc43)c(=O)n2[C@@H]1c1ccccc1. The van der Waals surface area contributed by atoms with Crippen molar-refractivity contribution in [3.8, 4) is 0 Å². The summed E-state index contributed by atoms with van der Waals surface area (Å²) in [6.45, 7) is 6.59. The van der Waals surface area contributed by atoms with E-state index < -0.39 is 29.4 Å². The van der Waals surface area contributed by atoms with Crippen molar-refractivity contribution in [1.29, 1.82) is 0 Å². The number of ether oxygens (including phenoxy) is 1. The fourth-order valence-electron chi connectivity index (χ4n) is 4.54. The number of imide groups is 1. The highest BCUT2D eigenvalue weighted by atomic mass is 32.1. The van der Waals surface area contributed by atoms with Crippen LogP contribution < -0.4 is 19.8 Å². The normalized spacial score (nSPS) is 17.9. The van der Waals surface area contributed by atoms with Gasteiger partial charge in [0.15, 0.2) is 4.80 Å². The first kappa shape index (κ1) is 23.4. The van der Waals surface area contributed by atoms with Crippen LogP contribution in [0.5, 0.6) is 0 Å². The first-order chi connectivity index (χ1) is 17.3. The number of carbonyl (C=O) groups excluding carboxylic acids is 3. The average molecular weight is 500 g/mol. The molecule has 2 aliphatic rings. The molecule has 0 unspecified atom stereocenters. The maximum Gasteiger partial charge on any atom is 0.338 e. The zero-order valence-corrected chi connectivity index (χ0v) is 20.4. The number of aromatic nitrogens is 1. The molecule has 2 amide bonds. The van der Waals surface area contributed by atoms with Crippen LogP contribution in [-0.4, -0.2) is 29.0 Å². The summed E-state index contributed by atoms with van der Waals surface area (Å²) in [6, 6.07) is 15.2. The highest BCUT2D eigenvalue weighted by Gasteiger charge is 2.38. The van der Waals surface area contributed by atoms with Crippen molar-refractivity contribution >= 4 is 40.4 Å². The molecule has 0 bridgehead atoms. The third-order valence-corrected chi connectivity index (χ3v) is 7.09. The maximum atomic E-state index is 14.0. The number of anilines is 1. The first-order valence-electron chi connectivity index (χ1n) is 11.2. The van der Waals surface area contributed by atoms with E-state index in [0.717, 1.165) is 16.2 Å². The Labute approximate surface area is 209 Å². The number of amides is 2. The number of fused-ring (bicyclic) bond motifs is 2. The second-order valence-corrected chi connectivity index (χ2v) is 9.23. The van der Waals surface area contributed by atoms with Crippen LogP contribution in [0.4, 0.5) is 5.69 Å². The van der Waals surface area contributed by atoms with E-state index in [4.69, 9.17) is 4.74 Å². The maximum absolute atomic E-state index is 14.0. The molecule has 1 atom stereocenters. The molecule has 0 saturated carbocycles. The third-order valence-electron chi connectivity index (χ3n) is 6.04. The lowest BCUT2D eigenvalue weighted by molar-refractivity contribution is -0.138. The van der Waals surface area contributed by atoms with Crippen molar-refractivity contribution in [2.24, 2.45) is 4.99 Å². The molecule has 2 aliphatic heterocycles. The van der Waals surface area contributed by atoms with Gasteiger partial charge < -0.3 is 4.74 Å². The van der Waals surface area contributed by atoms with E-state index in [1.54, 1.807) is 31.2 Å². The van der Waals surface area contributed by atoms with Gasteiger partial charge in [-0.05, 0) is 18.6 Å². The molecule has 5 rings (SSSR count). The van der Waals surface area contributed by atoms with Crippen molar-refractivity contribution in [3.05, 3.63) is 109 Å². The van der Waals surface area contributed by atoms with E-state index in [2.05, 4.69) is 11.6 Å². The Bertz CT molecular complexity index is 1660. The number of rotatable bonds is 4. The predicted octanol–water partition coefficient (Wildman–Crippen LogP) is 2.23. The van der Waals surface area contributed by atoms with Gasteiger partial charge in [-0.15, -0.1) is 0 Å². The highest BCUT2D eigenvalue weighted by molar-refractivity contribution is 7.07. The number of benzene rings is 2. The van der Waals surface area contributed by atoms with Gasteiger partial charge in [0.2, 0.25) is 5.91 Å². The van der Waals surface area contributed by atoms with Crippen LogP contribution >= 0.6 is 11.3 Å². The van der Waals surface area contributed by atoms with Crippen LogP contribution in [0, 0.1) is 0 Å². The lowest BCUT2D eigenvalue weighted by atomic mass is 9.96. The summed E-state index contributed by atoms with van der Waals surface area (Å²) < 4.78 is 6.91. The summed E-state index contributed by atoms with van der Waals surface area (Å²) in [7, 11) is 0. The minimum Gasteiger partial charge on any atom is -0.458 e. The number of hydrogen-bond acceptors (Lipinski definition) is 7. The molecule has 0 aliphatic carbocycles. The van der Waals surface area contributed by atoms with Gasteiger partial charge in [0.05, 0.1) is 28.6 Å². The summed E-state index contributed by atoms with van der Waals surface area (Å²) in [6.07, 6.45) is 1.46. The Morgan fingerprint density at radius 1 is 1.11 bits per heavy atom. The molecule has 0 fully saturated rings. The molecular formula is C27H21N3O5S. The van der Waals surface area contributed by atoms with Gasteiger partial charge in [0, 0.05) is 12.5 Å². The fourth-order valence-corrected chi connectivity index (χ4v) is 5.68. The quantitative estimate of drug-likeness (QED) is 0.405. The second kappa shape index (κ2) is 9.01. The van der Waals surface area contributed by atoms with Crippen LogP contribution in [0.3, 0.4) is 0 Å². The summed E-state index contributed by atoms with van der Waals surface area (Å²) in [5, 5.41) is 0. The Hall–Kier alpha value is -4.37. The van der Waals surface area contributed by atoms with Crippen LogP contribution in [-0.2, 0) is 19.1 Å². The van der Waals surface area contributed by atoms with E-state index in [1.807, 2.05) is 30.3 Å². The van der Waals surface area contributed by atoms with Gasteiger partial charge >= 0.3 is 5.97 Å². The zero-order valence-electron chi connectivity index (χ0n) is 19.6. The van der Waals surface area contributed by atoms with Crippen LogP contribution in [0.25, 0.3) is 5.57 Å². The monoisotopic (exact) mass is 499 g/mol. The lowest BCUT2D eigenvalue weighted by Crippen LogP contribution is -2.41. The van der Waals surface area contributed by atoms with Crippen LogP contribution in [0.1, 0.15) is 31.0 Å². The number of hydrogen-bond donors (Lipinski definition) is 0. The van der Waals surface area contributed by atoms with Crippen molar-refractivity contribution < 1.29 is 19.1 Å². The Morgan fingerprint density at radius 2 is 1.81 bits per heavy atom. The van der Waals surface area contributed by atoms with Crippen molar-refractivity contribution in [3.63, 3.8) is 0 Å². The van der Waals surface area contributed by atoms with E-state index in [1.165, 1.54) is 17.6 Å². The highest BCUT2D eigenvalue weighted by Crippen LogP contribution is 2.35. The van der Waals surface area contributed by atoms with Crippen LogP contribution in [0.15, 0.2) is 88.3 Å². The first-order valence-corrected chi connectivity index (χ1v) is 12.0. The molecule has 180 valence electrons. The van der Waals surface area contributed by atoms with Crippen LogP contribution in [0.2, 0.25) is 0 Å². The van der Waals surface area contributed by atoms with Crippen molar-refractivity contribution in [2.75, 3.05) is 11.5 Å². The molecule has 0 radical (unpaired) electrons. The molecule has 8 nitrogen and oxygen atoms in total. The Balaban J connectivity index is 1.81. The van der Waals surface area contributed by atoms with Gasteiger partial charge in [-0.3, -0.25) is 19.0 Å². The van der Waals surface area contributed by atoms with E-state index >= 15 is 0 Å². The number of carbonyl (C=O) groups is 3. The molecule has 0 spiro atoms. The van der Waals surface area contributed by atoms with E-state index in [9.17, 15) is 19.2 Å². The van der Waals surface area contributed by atoms with Gasteiger partial charge in [-0.25, -0.2) is 14.7 Å². The molecule has 3 aromatic rings. The number of allylic oxidation sites excluding steroid dienone is 1. The molecule has 1 aromatic heterocycles. The third kappa shape index (κ3) is 3.56. The number of para-hydroxylation sites is 1. The summed E-state index contributed by atoms with van der Waals surface area (Å²) in [5.41, 5.74) is 1.94. The number of nitrogens with zero attached hydrogens (tertiary/aromatic N) is 3. The van der Waals surface area contributed by atoms with Crippen molar-refractivity contribution in [2.45, 2.75) is 19.9 Å². The summed E-state index contributed by atoms with van der Waals surface area (Å²) in [4.78, 5) is 58.7. The van der Waals surface area contributed by atoms with Crippen molar-refractivity contribution in [1.82, 2.24) is 4.57 Å². The molecule has 3 heterocycles.